The van der Waals surface area contributed by atoms with Gasteiger partial charge in [0, 0.05) is 40.4 Å². The highest BCUT2D eigenvalue weighted by Gasteiger charge is 2.20. The Morgan fingerprint density at radius 2 is 1.78 bits per heavy atom. The quantitative estimate of drug-likeness (QED) is 0.314. The fourth-order valence-electron chi connectivity index (χ4n) is 3.81. The number of benzene rings is 3. The van der Waals surface area contributed by atoms with Crippen molar-refractivity contribution in [2.24, 2.45) is 0 Å². The number of hydrogen-bond donors (Lipinski definition) is 0. The SMILES string of the molecule is COc1ccc2c(c1)c(C(=O)c1ccn(-c3ccccc3)n1)cn2Cc1ccc(Cl)cc1. The van der Waals surface area contributed by atoms with Crippen LogP contribution in [0.3, 0.4) is 0 Å². The highest BCUT2D eigenvalue weighted by atomic mass is 35.5. The molecule has 2 heterocycles. The molecular formula is C26H20ClN3O2. The number of nitrogens with zero attached hydrogens (tertiary/aromatic N) is 3. The van der Waals surface area contributed by atoms with Gasteiger partial charge < -0.3 is 9.30 Å². The number of methoxy groups -OCH3 is 1. The van der Waals surface area contributed by atoms with E-state index in [9.17, 15) is 4.79 Å². The Bertz CT molecular complexity index is 1400. The average Bonchev–Trinajstić information content (AvgIpc) is 3.46. The molecule has 0 unspecified atom stereocenters. The van der Waals surface area contributed by atoms with Crippen molar-refractivity contribution in [1.82, 2.24) is 14.3 Å². The summed E-state index contributed by atoms with van der Waals surface area (Å²) in [5.74, 6) is 0.568. The van der Waals surface area contributed by atoms with Gasteiger partial charge in [-0.15, -0.1) is 0 Å². The van der Waals surface area contributed by atoms with Gasteiger partial charge in [-0.1, -0.05) is 41.9 Å². The second-order valence-electron chi connectivity index (χ2n) is 7.49. The summed E-state index contributed by atoms with van der Waals surface area (Å²) in [6.45, 7) is 0.617. The van der Waals surface area contributed by atoms with Gasteiger partial charge in [0.1, 0.15) is 11.4 Å². The van der Waals surface area contributed by atoms with Crippen LogP contribution in [0.15, 0.2) is 91.3 Å². The summed E-state index contributed by atoms with van der Waals surface area (Å²) in [5.41, 5.74) is 3.92. The van der Waals surface area contributed by atoms with Gasteiger partial charge in [0.2, 0.25) is 5.78 Å². The Hall–Kier alpha value is -3.83. The monoisotopic (exact) mass is 441 g/mol. The third-order valence-electron chi connectivity index (χ3n) is 5.44. The van der Waals surface area contributed by atoms with E-state index in [0.29, 0.717) is 28.6 Å². The lowest BCUT2D eigenvalue weighted by molar-refractivity contribution is 0.103. The normalized spacial score (nSPS) is 11.1. The fraction of sp³-hybridized carbons (Fsp3) is 0.0769. The van der Waals surface area contributed by atoms with Crippen molar-refractivity contribution < 1.29 is 9.53 Å². The van der Waals surface area contributed by atoms with Crippen LogP contribution < -0.4 is 4.74 Å². The van der Waals surface area contributed by atoms with Crippen LogP contribution in [-0.4, -0.2) is 27.2 Å². The van der Waals surface area contributed by atoms with E-state index in [2.05, 4.69) is 9.67 Å². The topological polar surface area (TPSA) is 49.1 Å². The molecule has 0 aliphatic carbocycles. The first-order valence-corrected chi connectivity index (χ1v) is 10.6. The number of ether oxygens (including phenoxy) is 1. The molecule has 6 heteroatoms. The van der Waals surface area contributed by atoms with Crippen molar-refractivity contribution in [3.63, 3.8) is 0 Å². The van der Waals surface area contributed by atoms with E-state index in [1.165, 1.54) is 0 Å². The Balaban J connectivity index is 1.56. The maximum absolute atomic E-state index is 13.5. The minimum absolute atomic E-state index is 0.132. The van der Waals surface area contributed by atoms with E-state index in [4.69, 9.17) is 16.3 Å². The van der Waals surface area contributed by atoms with Gasteiger partial charge in [-0.25, -0.2) is 4.68 Å². The van der Waals surface area contributed by atoms with Crippen LogP contribution in [0.1, 0.15) is 21.6 Å². The molecule has 0 aliphatic rings. The van der Waals surface area contributed by atoms with Crippen molar-refractivity contribution in [3.8, 4) is 11.4 Å². The minimum Gasteiger partial charge on any atom is -0.497 e. The van der Waals surface area contributed by atoms with Gasteiger partial charge in [0.25, 0.3) is 0 Å². The van der Waals surface area contributed by atoms with Crippen molar-refractivity contribution in [1.29, 1.82) is 0 Å². The molecule has 158 valence electrons. The Morgan fingerprint density at radius 1 is 1.00 bits per heavy atom. The van der Waals surface area contributed by atoms with Crippen LogP contribution in [0.4, 0.5) is 0 Å². The summed E-state index contributed by atoms with van der Waals surface area (Å²) in [5, 5.41) is 6.05. The van der Waals surface area contributed by atoms with Crippen LogP contribution in [0.25, 0.3) is 16.6 Å². The van der Waals surface area contributed by atoms with E-state index in [1.807, 2.05) is 79.0 Å². The van der Waals surface area contributed by atoms with Gasteiger partial charge in [0.05, 0.1) is 12.8 Å². The first kappa shape index (κ1) is 20.1. The second kappa shape index (κ2) is 8.36. The zero-order valence-electron chi connectivity index (χ0n) is 17.4. The predicted octanol–water partition coefficient (Wildman–Crippen LogP) is 5.77. The molecule has 0 amide bonds. The molecular weight excluding hydrogens is 422 g/mol. The number of halogens is 1. The molecule has 3 aromatic carbocycles. The molecule has 0 atom stereocenters. The van der Waals surface area contributed by atoms with Gasteiger partial charge in [0.15, 0.2) is 0 Å². The number of carbonyl (C=O) groups excluding carboxylic acids is 1. The number of carbonyl (C=O) groups is 1. The van der Waals surface area contributed by atoms with E-state index in [-0.39, 0.29) is 5.78 Å². The van der Waals surface area contributed by atoms with Crippen LogP contribution >= 0.6 is 11.6 Å². The molecule has 0 radical (unpaired) electrons. The Kier molecular flexibility index (Phi) is 5.25. The molecule has 5 rings (SSSR count). The molecule has 0 spiro atoms. The van der Waals surface area contributed by atoms with E-state index in [0.717, 1.165) is 22.2 Å². The fourth-order valence-corrected chi connectivity index (χ4v) is 3.94. The van der Waals surface area contributed by atoms with E-state index >= 15 is 0 Å². The lowest BCUT2D eigenvalue weighted by atomic mass is 10.1. The first-order valence-electron chi connectivity index (χ1n) is 10.2. The van der Waals surface area contributed by atoms with Crippen molar-refractivity contribution >= 4 is 28.3 Å². The Morgan fingerprint density at radius 3 is 2.53 bits per heavy atom. The van der Waals surface area contributed by atoms with E-state index in [1.54, 1.807) is 24.1 Å². The average molecular weight is 442 g/mol. The summed E-state index contributed by atoms with van der Waals surface area (Å²) in [6, 6.07) is 25.0. The van der Waals surface area contributed by atoms with Crippen LogP contribution in [0.2, 0.25) is 5.02 Å². The maximum atomic E-state index is 13.5. The number of fused-ring (bicyclic) bond motifs is 1. The lowest BCUT2D eigenvalue weighted by Crippen LogP contribution is -2.04. The smallest absolute Gasteiger partial charge is 0.215 e. The van der Waals surface area contributed by atoms with Gasteiger partial charge in [-0.2, -0.15) is 5.10 Å². The van der Waals surface area contributed by atoms with Gasteiger partial charge in [-0.05, 0) is 54.1 Å². The molecule has 5 aromatic rings. The standard InChI is InChI=1S/C26H20ClN3O2/c1-32-21-11-12-25-22(15-21)23(17-29(25)16-18-7-9-19(27)10-8-18)26(31)24-13-14-30(28-24)20-5-3-2-4-6-20/h2-15,17H,16H2,1H3. The number of ketones is 1. The zero-order chi connectivity index (χ0) is 22.1. The molecule has 0 saturated heterocycles. The van der Waals surface area contributed by atoms with Crippen LogP contribution in [0, 0.1) is 0 Å². The van der Waals surface area contributed by atoms with Gasteiger partial charge in [-0.3, -0.25) is 4.79 Å². The summed E-state index contributed by atoms with van der Waals surface area (Å²) in [7, 11) is 1.62. The summed E-state index contributed by atoms with van der Waals surface area (Å²) in [6.07, 6.45) is 3.69. The highest BCUT2D eigenvalue weighted by Crippen LogP contribution is 2.28. The van der Waals surface area contributed by atoms with E-state index < -0.39 is 0 Å². The zero-order valence-corrected chi connectivity index (χ0v) is 18.2. The number of aromatic nitrogens is 3. The Labute approximate surface area is 190 Å². The van der Waals surface area contributed by atoms with Crippen molar-refractivity contribution in [3.05, 3.63) is 113 Å². The lowest BCUT2D eigenvalue weighted by Gasteiger charge is -2.06. The largest absolute Gasteiger partial charge is 0.497 e. The molecule has 0 N–H and O–H groups in total. The molecule has 5 nitrogen and oxygen atoms in total. The minimum atomic E-state index is -0.132. The maximum Gasteiger partial charge on any atom is 0.215 e. The molecule has 2 aromatic heterocycles. The molecule has 0 fully saturated rings. The summed E-state index contributed by atoms with van der Waals surface area (Å²) >= 11 is 6.03. The summed E-state index contributed by atoms with van der Waals surface area (Å²) < 4.78 is 9.19. The molecule has 0 saturated carbocycles. The predicted molar refractivity (Wildman–Crippen MR) is 126 cm³/mol. The van der Waals surface area contributed by atoms with Gasteiger partial charge >= 0.3 is 0 Å². The molecule has 0 bridgehead atoms. The number of hydrogen-bond acceptors (Lipinski definition) is 3. The molecule has 0 aliphatic heterocycles. The van der Waals surface area contributed by atoms with Crippen molar-refractivity contribution in [2.75, 3.05) is 7.11 Å². The third-order valence-corrected chi connectivity index (χ3v) is 5.69. The highest BCUT2D eigenvalue weighted by molar-refractivity contribution is 6.30. The van der Waals surface area contributed by atoms with Crippen LogP contribution in [-0.2, 0) is 6.54 Å². The second-order valence-corrected chi connectivity index (χ2v) is 7.93. The number of para-hydroxylation sites is 1. The summed E-state index contributed by atoms with van der Waals surface area (Å²) in [4.78, 5) is 13.5. The van der Waals surface area contributed by atoms with Crippen molar-refractivity contribution in [2.45, 2.75) is 6.54 Å². The number of rotatable bonds is 6. The first-order chi connectivity index (χ1) is 15.6. The molecule has 32 heavy (non-hydrogen) atoms. The third kappa shape index (κ3) is 3.79. The van der Waals surface area contributed by atoms with Crippen LogP contribution in [0.5, 0.6) is 5.75 Å².